The van der Waals surface area contributed by atoms with Crippen LogP contribution in [0.25, 0.3) is 5.70 Å². The van der Waals surface area contributed by atoms with Crippen LogP contribution < -0.4 is 5.32 Å². The van der Waals surface area contributed by atoms with E-state index in [1.54, 1.807) is 11.8 Å². The molecule has 1 aliphatic rings. The quantitative estimate of drug-likeness (QED) is 0.764. The van der Waals surface area contributed by atoms with Gasteiger partial charge in [-0.3, -0.25) is 0 Å². The lowest BCUT2D eigenvalue weighted by Crippen LogP contribution is -2.24. The monoisotopic (exact) mass is 340 g/mol. The Hall–Kier alpha value is -1.97. The Labute approximate surface area is 146 Å². The second kappa shape index (κ2) is 7.53. The Morgan fingerprint density at radius 2 is 1.87 bits per heavy atom. The second-order valence-electron chi connectivity index (χ2n) is 5.07. The summed E-state index contributed by atoms with van der Waals surface area (Å²) in [4.78, 5) is 4.79. The Morgan fingerprint density at radius 3 is 2.61 bits per heavy atom. The molecule has 2 aromatic rings. The minimum atomic E-state index is -0.0903. The van der Waals surface area contributed by atoms with E-state index in [1.165, 1.54) is 0 Å². The van der Waals surface area contributed by atoms with Crippen LogP contribution in [0.3, 0.4) is 0 Å². The molecule has 3 rings (SSSR count). The molecule has 4 heteroatoms. The molecular weight excluding hydrogens is 324 g/mol. The molecule has 0 saturated heterocycles. The number of aliphatic imine (C=N–C) groups is 1. The zero-order valence-corrected chi connectivity index (χ0v) is 14.1. The molecule has 0 aromatic heterocycles. The molecule has 0 saturated carbocycles. The van der Waals surface area contributed by atoms with Crippen LogP contribution in [0.5, 0.6) is 0 Å². The van der Waals surface area contributed by atoms with E-state index in [9.17, 15) is 0 Å². The summed E-state index contributed by atoms with van der Waals surface area (Å²) in [6.45, 7) is 3.77. The lowest BCUT2D eigenvalue weighted by molar-refractivity contribution is 0.888. The van der Waals surface area contributed by atoms with Gasteiger partial charge < -0.3 is 5.32 Å². The third-order valence-corrected chi connectivity index (χ3v) is 4.70. The SMILES string of the molecule is C=CCSC1=N[C@H](c2ccccc2Cl)C=C(c2ccccc2)N1. The maximum Gasteiger partial charge on any atom is 0.162 e. The van der Waals surface area contributed by atoms with Gasteiger partial charge in [0, 0.05) is 16.5 Å². The van der Waals surface area contributed by atoms with E-state index in [0.717, 1.165) is 32.8 Å². The van der Waals surface area contributed by atoms with Gasteiger partial charge in [-0.15, -0.1) is 6.58 Å². The van der Waals surface area contributed by atoms with Gasteiger partial charge in [-0.25, -0.2) is 4.99 Å². The van der Waals surface area contributed by atoms with Crippen LogP contribution in [0.4, 0.5) is 0 Å². The van der Waals surface area contributed by atoms with Gasteiger partial charge in [-0.1, -0.05) is 78.0 Å². The molecule has 2 nitrogen and oxygen atoms in total. The summed E-state index contributed by atoms with van der Waals surface area (Å²) in [6, 6.07) is 18.0. The minimum absolute atomic E-state index is 0.0903. The van der Waals surface area contributed by atoms with Gasteiger partial charge >= 0.3 is 0 Å². The Bertz CT molecular complexity index is 753. The van der Waals surface area contributed by atoms with Crippen LogP contribution in [0.15, 0.2) is 78.3 Å². The van der Waals surface area contributed by atoms with Gasteiger partial charge in [0.25, 0.3) is 0 Å². The number of nitrogens with one attached hydrogen (secondary N) is 1. The predicted octanol–water partition coefficient (Wildman–Crippen LogP) is 5.30. The van der Waals surface area contributed by atoms with E-state index in [0.29, 0.717) is 0 Å². The van der Waals surface area contributed by atoms with Crippen molar-refractivity contribution in [1.82, 2.24) is 5.32 Å². The molecule has 0 amide bonds. The molecule has 0 radical (unpaired) electrons. The molecule has 0 fully saturated rings. The lowest BCUT2D eigenvalue weighted by Gasteiger charge is -2.22. The summed E-state index contributed by atoms with van der Waals surface area (Å²) in [5, 5.41) is 5.03. The third kappa shape index (κ3) is 3.87. The first-order valence-electron chi connectivity index (χ1n) is 7.38. The van der Waals surface area contributed by atoms with Crippen LogP contribution >= 0.6 is 23.4 Å². The lowest BCUT2D eigenvalue weighted by atomic mass is 10.0. The fourth-order valence-electron chi connectivity index (χ4n) is 2.38. The molecular formula is C19H17ClN2S. The number of rotatable bonds is 4. The zero-order chi connectivity index (χ0) is 16.1. The largest absolute Gasteiger partial charge is 0.335 e. The van der Waals surface area contributed by atoms with Gasteiger partial charge in [0.15, 0.2) is 5.17 Å². The van der Waals surface area contributed by atoms with E-state index in [1.807, 2.05) is 48.5 Å². The first-order valence-corrected chi connectivity index (χ1v) is 8.74. The topological polar surface area (TPSA) is 24.4 Å². The van der Waals surface area contributed by atoms with Crippen LogP contribution in [-0.2, 0) is 0 Å². The highest BCUT2D eigenvalue weighted by molar-refractivity contribution is 8.14. The number of benzene rings is 2. The molecule has 0 bridgehead atoms. The number of amidine groups is 1. The Morgan fingerprint density at radius 1 is 1.13 bits per heavy atom. The molecule has 1 aliphatic heterocycles. The van der Waals surface area contributed by atoms with Gasteiger partial charge in [0.1, 0.15) is 0 Å². The molecule has 1 N–H and O–H groups in total. The summed E-state index contributed by atoms with van der Waals surface area (Å²) in [6.07, 6.45) is 3.99. The van der Waals surface area contributed by atoms with Crippen LogP contribution in [-0.4, -0.2) is 10.9 Å². The summed E-state index contributed by atoms with van der Waals surface area (Å²) < 4.78 is 0. The Kier molecular flexibility index (Phi) is 5.21. The van der Waals surface area contributed by atoms with Crippen molar-refractivity contribution in [3.05, 3.63) is 89.5 Å². The molecule has 0 aliphatic carbocycles. The summed E-state index contributed by atoms with van der Waals surface area (Å²) >= 11 is 8.00. The summed E-state index contributed by atoms with van der Waals surface area (Å²) in [7, 11) is 0. The van der Waals surface area contributed by atoms with Crippen molar-refractivity contribution in [3.63, 3.8) is 0 Å². The van der Waals surface area contributed by atoms with E-state index in [4.69, 9.17) is 16.6 Å². The van der Waals surface area contributed by atoms with Crippen LogP contribution in [0, 0.1) is 0 Å². The van der Waals surface area contributed by atoms with E-state index >= 15 is 0 Å². The average Bonchev–Trinajstić information content (AvgIpc) is 2.61. The molecule has 1 atom stereocenters. The highest BCUT2D eigenvalue weighted by Gasteiger charge is 2.19. The minimum Gasteiger partial charge on any atom is -0.335 e. The van der Waals surface area contributed by atoms with Crippen molar-refractivity contribution >= 4 is 34.2 Å². The highest BCUT2D eigenvalue weighted by Crippen LogP contribution is 2.32. The number of hydrogen-bond donors (Lipinski definition) is 1. The zero-order valence-electron chi connectivity index (χ0n) is 12.6. The van der Waals surface area contributed by atoms with Gasteiger partial charge in [-0.2, -0.15) is 0 Å². The van der Waals surface area contributed by atoms with Gasteiger partial charge in [-0.05, 0) is 23.3 Å². The molecule has 116 valence electrons. The molecule has 2 aromatic carbocycles. The number of nitrogens with zero attached hydrogens (tertiary/aromatic N) is 1. The van der Waals surface area contributed by atoms with Crippen molar-refractivity contribution in [3.8, 4) is 0 Å². The van der Waals surface area contributed by atoms with Crippen LogP contribution in [0.2, 0.25) is 5.02 Å². The van der Waals surface area contributed by atoms with E-state index in [-0.39, 0.29) is 6.04 Å². The smallest absolute Gasteiger partial charge is 0.162 e. The average molecular weight is 341 g/mol. The van der Waals surface area contributed by atoms with Crippen molar-refractivity contribution in [2.75, 3.05) is 5.75 Å². The number of halogens is 1. The fourth-order valence-corrected chi connectivity index (χ4v) is 3.28. The first-order chi connectivity index (χ1) is 11.3. The standard InChI is InChI=1S/C19H17ClN2S/c1-2-12-23-19-21-17(14-8-4-3-5-9-14)13-18(22-19)15-10-6-7-11-16(15)20/h2-11,13,18H,1,12H2,(H,21,22)/t18-/m0/s1. The molecule has 1 heterocycles. The Balaban J connectivity index is 1.98. The molecule has 23 heavy (non-hydrogen) atoms. The third-order valence-electron chi connectivity index (χ3n) is 3.47. The number of thioether (sulfide) groups is 1. The second-order valence-corrected chi connectivity index (χ2v) is 6.49. The maximum atomic E-state index is 6.36. The molecule has 0 unspecified atom stereocenters. The number of hydrogen-bond acceptors (Lipinski definition) is 3. The predicted molar refractivity (Wildman–Crippen MR) is 102 cm³/mol. The van der Waals surface area contributed by atoms with Gasteiger partial charge in [0.2, 0.25) is 0 Å². The first kappa shape index (κ1) is 15.9. The van der Waals surface area contributed by atoms with Crippen LogP contribution in [0.1, 0.15) is 17.2 Å². The maximum absolute atomic E-state index is 6.36. The van der Waals surface area contributed by atoms with Crippen molar-refractivity contribution in [2.45, 2.75) is 6.04 Å². The van der Waals surface area contributed by atoms with Crippen molar-refractivity contribution in [1.29, 1.82) is 0 Å². The van der Waals surface area contributed by atoms with Crippen molar-refractivity contribution in [2.24, 2.45) is 4.99 Å². The normalized spacial score (nSPS) is 17.0. The van der Waals surface area contributed by atoms with Crippen molar-refractivity contribution < 1.29 is 0 Å². The van der Waals surface area contributed by atoms with E-state index in [2.05, 4.69) is 30.1 Å². The highest BCUT2D eigenvalue weighted by atomic mass is 35.5. The molecule has 0 spiro atoms. The summed E-state index contributed by atoms with van der Waals surface area (Å²) in [5.41, 5.74) is 3.20. The summed E-state index contributed by atoms with van der Waals surface area (Å²) in [5.74, 6) is 0.809. The fraction of sp³-hybridized carbons (Fsp3) is 0.105. The van der Waals surface area contributed by atoms with Gasteiger partial charge in [0.05, 0.1) is 6.04 Å². The van der Waals surface area contributed by atoms with E-state index < -0.39 is 0 Å².